The Labute approximate surface area is 132 Å². The van der Waals surface area contributed by atoms with E-state index in [1.54, 1.807) is 6.92 Å². The molecule has 0 atom stereocenters. The molecule has 4 nitrogen and oxygen atoms in total. The van der Waals surface area contributed by atoms with Crippen LogP contribution in [0.1, 0.15) is 46.1 Å². The SMILES string of the molecule is Cc1oc(NC(=O)c2cc(F)c(C(F)(F)F)cc2F)nc1C1CC1. The highest BCUT2D eigenvalue weighted by Gasteiger charge is 2.36. The molecule has 9 heteroatoms. The Morgan fingerprint density at radius 3 is 2.50 bits per heavy atom. The minimum absolute atomic E-state index is 0.0549. The summed E-state index contributed by atoms with van der Waals surface area (Å²) >= 11 is 0. The van der Waals surface area contributed by atoms with E-state index in [0.717, 1.165) is 12.8 Å². The Kier molecular flexibility index (Phi) is 3.81. The first kappa shape index (κ1) is 16.4. The van der Waals surface area contributed by atoms with Crippen molar-refractivity contribution in [2.45, 2.75) is 31.9 Å². The summed E-state index contributed by atoms with van der Waals surface area (Å²) in [5.41, 5.74) is -1.98. The average Bonchev–Trinajstić information content (AvgIpc) is 3.24. The summed E-state index contributed by atoms with van der Waals surface area (Å²) in [5, 5.41) is 2.12. The van der Waals surface area contributed by atoms with Crippen LogP contribution in [0, 0.1) is 18.6 Å². The second-order valence-corrected chi connectivity index (χ2v) is 5.50. The number of amides is 1. The Bertz CT molecular complexity index is 809. The van der Waals surface area contributed by atoms with Gasteiger partial charge in [0.2, 0.25) is 0 Å². The summed E-state index contributed by atoms with van der Waals surface area (Å²) in [6.45, 7) is 1.65. The summed E-state index contributed by atoms with van der Waals surface area (Å²) in [5.74, 6) is -3.64. The van der Waals surface area contributed by atoms with E-state index >= 15 is 0 Å². The predicted molar refractivity (Wildman–Crippen MR) is 72.5 cm³/mol. The molecule has 128 valence electrons. The van der Waals surface area contributed by atoms with E-state index in [4.69, 9.17) is 4.42 Å². The van der Waals surface area contributed by atoms with Gasteiger partial charge in [0.1, 0.15) is 17.4 Å². The van der Waals surface area contributed by atoms with Gasteiger partial charge in [0.25, 0.3) is 5.91 Å². The van der Waals surface area contributed by atoms with Crippen LogP contribution in [-0.4, -0.2) is 10.9 Å². The van der Waals surface area contributed by atoms with Crippen molar-refractivity contribution in [3.63, 3.8) is 0 Å². The Morgan fingerprint density at radius 2 is 1.92 bits per heavy atom. The third kappa shape index (κ3) is 3.10. The molecule has 1 fully saturated rings. The fraction of sp³-hybridized carbons (Fsp3) is 0.333. The van der Waals surface area contributed by atoms with Gasteiger partial charge in [-0.1, -0.05) is 0 Å². The van der Waals surface area contributed by atoms with E-state index in [1.807, 2.05) is 0 Å². The summed E-state index contributed by atoms with van der Waals surface area (Å²) in [6, 6.07) is -0.0645. The maximum absolute atomic E-state index is 13.8. The number of hydrogen-bond acceptors (Lipinski definition) is 3. The summed E-state index contributed by atoms with van der Waals surface area (Å²) in [6.07, 6.45) is -3.17. The molecule has 0 spiro atoms. The molecule has 0 unspecified atom stereocenters. The minimum atomic E-state index is -5.06. The molecule has 1 aromatic carbocycles. The Hall–Kier alpha value is -2.45. The van der Waals surface area contributed by atoms with Crippen molar-refractivity contribution in [3.05, 3.63) is 46.3 Å². The van der Waals surface area contributed by atoms with Crippen LogP contribution >= 0.6 is 0 Å². The van der Waals surface area contributed by atoms with E-state index < -0.39 is 34.8 Å². The minimum Gasteiger partial charge on any atom is -0.428 e. The lowest BCUT2D eigenvalue weighted by Crippen LogP contribution is -2.17. The molecule has 1 heterocycles. The van der Waals surface area contributed by atoms with Crippen molar-refractivity contribution >= 4 is 11.9 Å². The van der Waals surface area contributed by atoms with Gasteiger partial charge in [0, 0.05) is 5.92 Å². The Morgan fingerprint density at radius 1 is 1.25 bits per heavy atom. The number of carbonyl (C=O) groups excluding carboxylic acids is 1. The number of aromatic nitrogens is 1. The van der Waals surface area contributed by atoms with Crippen molar-refractivity contribution in [3.8, 4) is 0 Å². The van der Waals surface area contributed by atoms with Crippen LogP contribution in [0.5, 0.6) is 0 Å². The monoisotopic (exact) mass is 346 g/mol. The molecule has 0 aliphatic heterocycles. The molecule has 1 aliphatic carbocycles. The zero-order valence-corrected chi connectivity index (χ0v) is 12.3. The van der Waals surface area contributed by atoms with Gasteiger partial charge in [0.05, 0.1) is 16.8 Å². The molecule has 1 aromatic heterocycles. The molecule has 1 saturated carbocycles. The number of benzene rings is 1. The van der Waals surface area contributed by atoms with Crippen LogP contribution in [0.4, 0.5) is 28.0 Å². The highest BCUT2D eigenvalue weighted by atomic mass is 19.4. The number of hydrogen-bond donors (Lipinski definition) is 1. The van der Waals surface area contributed by atoms with Crippen molar-refractivity contribution < 1.29 is 31.2 Å². The normalized spacial score (nSPS) is 14.8. The zero-order chi connectivity index (χ0) is 17.6. The average molecular weight is 346 g/mol. The number of carbonyl (C=O) groups is 1. The van der Waals surface area contributed by atoms with Crippen LogP contribution in [-0.2, 0) is 6.18 Å². The van der Waals surface area contributed by atoms with E-state index in [-0.39, 0.29) is 24.1 Å². The maximum Gasteiger partial charge on any atom is 0.419 e. The van der Waals surface area contributed by atoms with Crippen LogP contribution in [0.15, 0.2) is 16.5 Å². The summed E-state index contributed by atoms with van der Waals surface area (Å²) < 4.78 is 70.0. The second kappa shape index (κ2) is 5.57. The van der Waals surface area contributed by atoms with Gasteiger partial charge in [0.15, 0.2) is 0 Å². The molecule has 0 bridgehead atoms. The highest BCUT2D eigenvalue weighted by molar-refractivity contribution is 6.03. The molecule has 0 saturated heterocycles. The number of halogens is 5. The zero-order valence-electron chi connectivity index (χ0n) is 12.3. The predicted octanol–water partition coefficient (Wildman–Crippen LogP) is 4.41. The number of rotatable bonds is 3. The van der Waals surface area contributed by atoms with Crippen molar-refractivity contribution in [1.82, 2.24) is 4.98 Å². The molecular weight excluding hydrogens is 335 g/mol. The van der Waals surface area contributed by atoms with Gasteiger partial charge in [-0.3, -0.25) is 10.1 Å². The number of nitrogens with one attached hydrogen (secondary N) is 1. The van der Waals surface area contributed by atoms with Gasteiger partial charge in [-0.25, -0.2) is 8.78 Å². The molecule has 0 radical (unpaired) electrons. The quantitative estimate of drug-likeness (QED) is 0.838. The van der Waals surface area contributed by atoms with Crippen LogP contribution in [0.3, 0.4) is 0 Å². The van der Waals surface area contributed by atoms with E-state index in [2.05, 4.69) is 10.3 Å². The van der Waals surface area contributed by atoms with E-state index in [9.17, 15) is 26.7 Å². The first-order valence-electron chi connectivity index (χ1n) is 7.01. The molecule has 3 rings (SSSR count). The van der Waals surface area contributed by atoms with Gasteiger partial charge < -0.3 is 4.42 Å². The largest absolute Gasteiger partial charge is 0.428 e. The third-order valence-electron chi connectivity index (χ3n) is 3.62. The number of aryl methyl sites for hydroxylation is 1. The summed E-state index contributed by atoms with van der Waals surface area (Å²) in [4.78, 5) is 16.0. The van der Waals surface area contributed by atoms with Gasteiger partial charge in [-0.2, -0.15) is 18.2 Å². The lowest BCUT2D eigenvalue weighted by molar-refractivity contribution is -0.140. The maximum atomic E-state index is 13.8. The molecular formula is C15H11F5N2O2. The van der Waals surface area contributed by atoms with Crippen LogP contribution < -0.4 is 5.32 Å². The first-order chi connectivity index (χ1) is 11.2. The van der Waals surface area contributed by atoms with Gasteiger partial charge in [-0.05, 0) is 31.9 Å². The fourth-order valence-corrected chi connectivity index (χ4v) is 2.30. The molecule has 2 aromatic rings. The van der Waals surface area contributed by atoms with E-state index in [1.165, 1.54) is 0 Å². The third-order valence-corrected chi connectivity index (χ3v) is 3.62. The highest BCUT2D eigenvalue weighted by Crippen LogP contribution is 2.41. The fourth-order valence-electron chi connectivity index (χ4n) is 2.30. The lowest BCUT2D eigenvalue weighted by atomic mass is 10.1. The standard InChI is InChI=1S/C15H11F5N2O2/c1-6-12(7-2-3-7)21-14(24-6)22-13(23)8-4-11(17)9(5-10(8)16)15(18,19)20/h4-5,7H,2-3H2,1H3,(H,21,22,23). The smallest absolute Gasteiger partial charge is 0.419 e. The Balaban J connectivity index is 1.85. The first-order valence-corrected chi connectivity index (χ1v) is 7.01. The van der Waals surface area contributed by atoms with Crippen LogP contribution in [0.25, 0.3) is 0 Å². The van der Waals surface area contributed by atoms with Crippen LogP contribution in [0.2, 0.25) is 0 Å². The van der Waals surface area contributed by atoms with Crippen molar-refractivity contribution in [2.75, 3.05) is 5.32 Å². The van der Waals surface area contributed by atoms with Crippen molar-refractivity contribution in [1.29, 1.82) is 0 Å². The molecule has 1 amide bonds. The second-order valence-electron chi connectivity index (χ2n) is 5.50. The lowest BCUT2D eigenvalue weighted by Gasteiger charge is -2.10. The molecule has 24 heavy (non-hydrogen) atoms. The van der Waals surface area contributed by atoms with E-state index in [0.29, 0.717) is 11.5 Å². The number of alkyl halides is 3. The topological polar surface area (TPSA) is 55.1 Å². The van der Waals surface area contributed by atoms with Gasteiger partial charge >= 0.3 is 12.2 Å². The molecule has 1 aliphatic rings. The number of oxazole rings is 1. The van der Waals surface area contributed by atoms with Gasteiger partial charge in [-0.15, -0.1) is 0 Å². The molecule has 1 N–H and O–H groups in total. The number of nitrogens with zero attached hydrogens (tertiary/aromatic N) is 1. The summed E-state index contributed by atoms with van der Waals surface area (Å²) in [7, 11) is 0. The number of anilines is 1. The van der Waals surface area contributed by atoms with Crippen molar-refractivity contribution in [2.24, 2.45) is 0 Å².